The first kappa shape index (κ1) is 19.3. The monoisotopic (exact) mass is 338 g/mol. The molecule has 138 valence electrons. The number of carbonyl (C=O) groups excluding carboxylic acids is 2. The van der Waals surface area contributed by atoms with Gasteiger partial charge in [-0.15, -0.1) is 0 Å². The summed E-state index contributed by atoms with van der Waals surface area (Å²) in [5.74, 6) is 0.790. The molecule has 0 N–H and O–H groups in total. The Hall–Kier alpha value is -1.06. The molecule has 0 saturated heterocycles. The Morgan fingerprint density at radius 1 is 0.875 bits per heavy atom. The lowest BCUT2D eigenvalue weighted by atomic mass is 9.81. The minimum atomic E-state index is -0.0768. The summed E-state index contributed by atoms with van der Waals surface area (Å²) < 4.78 is 11.2. The number of hydrogen-bond donors (Lipinski definition) is 0. The van der Waals surface area contributed by atoms with Gasteiger partial charge in [-0.3, -0.25) is 9.59 Å². The van der Waals surface area contributed by atoms with Gasteiger partial charge in [-0.2, -0.15) is 0 Å². The lowest BCUT2D eigenvalue weighted by Gasteiger charge is -2.31. The molecule has 0 spiro atoms. The molecule has 2 aliphatic rings. The highest BCUT2D eigenvalue weighted by molar-refractivity contribution is 5.73. The van der Waals surface area contributed by atoms with Crippen LogP contribution in [0.4, 0.5) is 0 Å². The predicted molar refractivity (Wildman–Crippen MR) is 93.4 cm³/mol. The quantitative estimate of drug-likeness (QED) is 0.662. The molecule has 0 amide bonds. The second-order valence-electron chi connectivity index (χ2n) is 7.69. The van der Waals surface area contributed by atoms with Crippen molar-refractivity contribution in [1.82, 2.24) is 0 Å². The summed E-state index contributed by atoms with van der Waals surface area (Å²) in [6.45, 7) is 6.18. The van der Waals surface area contributed by atoms with Gasteiger partial charge in [-0.1, -0.05) is 20.3 Å². The molecule has 1 atom stereocenters. The van der Waals surface area contributed by atoms with Crippen LogP contribution in [0.15, 0.2) is 0 Å². The van der Waals surface area contributed by atoms with Gasteiger partial charge in [0.25, 0.3) is 0 Å². The van der Waals surface area contributed by atoms with Gasteiger partial charge in [0.2, 0.25) is 0 Å². The summed E-state index contributed by atoms with van der Waals surface area (Å²) in [7, 11) is 0. The van der Waals surface area contributed by atoms with Crippen molar-refractivity contribution in [3.63, 3.8) is 0 Å². The number of carbonyl (C=O) groups is 2. The van der Waals surface area contributed by atoms with Crippen molar-refractivity contribution in [2.45, 2.75) is 97.2 Å². The maximum atomic E-state index is 12.3. The molecule has 0 bridgehead atoms. The van der Waals surface area contributed by atoms with E-state index in [0.29, 0.717) is 0 Å². The van der Waals surface area contributed by atoms with Gasteiger partial charge in [-0.25, -0.2) is 0 Å². The van der Waals surface area contributed by atoms with Gasteiger partial charge < -0.3 is 9.47 Å². The summed E-state index contributed by atoms with van der Waals surface area (Å²) in [6.07, 6.45) is 9.45. The van der Waals surface area contributed by atoms with Crippen molar-refractivity contribution in [2.75, 3.05) is 0 Å². The van der Waals surface area contributed by atoms with Gasteiger partial charge in [-0.05, 0) is 70.6 Å². The third-order valence-electron chi connectivity index (χ3n) is 5.94. The Kier molecular flexibility index (Phi) is 7.57. The minimum Gasteiger partial charge on any atom is -0.462 e. The van der Waals surface area contributed by atoms with Gasteiger partial charge in [0.1, 0.15) is 6.10 Å². The van der Waals surface area contributed by atoms with Crippen LogP contribution in [0.25, 0.3) is 0 Å². The van der Waals surface area contributed by atoms with Crippen LogP contribution in [0.1, 0.15) is 85.0 Å². The molecule has 4 heteroatoms. The zero-order valence-corrected chi connectivity index (χ0v) is 15.6. The Morgan fingerprint density at radius 2 is 1.42 bits per heavy atom. The van der Waals surface area contributed by atoms with E-state index in [0.717, 1.165) is 63.7 Å². The van der Waals surface area contributed by atoms with Crippen molar-refractivity contribution in [1.29, 1.82) is 0 Å². The number of ether oxygens (including phenoxy) is 2. The van der Waals surface area contributed by atoms with Crippen molar-refractivity contribution in [2.24, 2.45) is 17.8 Å². The Balaban J connectivity index is 1.69. The summed E-state index contributed by atoms with van der Waals surface area (Å²) in [5.41, 5.74) is 0. The molecule has 4 nitrogen and oxygen atoms in total. The van der Waals surface area contributed by atoms with E-state index in [1.165, 1.54) is 6.42 Å². The van der Waals surface area contributed by atoms with Crippen LogP contribution in [-0.4, -0.2) is 24.1 Å². The summed E-state index contributed by atoms with van der Waals surface area (Å²) in [6, 6.07) is 0. The van der Waals surface area contributed by atoms with E-state index in [2.05, 4.69) is 6.92 Å². The largest absolute Gasteiger partial charge is 0.462 e. The third-order valence-corrected chi connectivity index (χ3v) is 5.94. The van der Waals surface area contributed by atoms with Crippen LogP contribution in [-0.2, 0) is 19.1 Å². The molecule has 2 rings (SSSR count). The molecule has 2 saturated carbocycles. The zero-order valence-electron chi connectivity index (χ0n) is 15.6. The molecule has 0 radical (unpaired) electrons. The summed E-state index contributed by atoms with van der Waals surface area (Å²) >= 11 is 0. The number of esters is 2. The molecule has 0 aliphatic heterocycles. The first-order chi connectivity index (χ1) is 11.5. The van der Waals surface area contributed by atoms with Crippen LogP contribution in [0, 0.1) is 17.8 Å². The molecule has 1 unspecified atom stereocenters. The highest BCUT2D eigenvalue weighted by Crippen LogP contribution is 2.33. The van der Waals surface area contributed by atoms with Crippen LogP contribution < -0.4 is 0 Å². The lowest BCUT2D eigenvalue weighted by Crippen LogP contribution is -2.32. The van der Waals surface area contributed by atoms with Crippen molar-refractivity contribution < 1.29 is 19.1 Å². The molecule has 2 fully saturated rings. The number of hydrogen-bond acceptors (Lipinski definition) is 4. The van der Waals surface area contributed by atoms with Crippen molar-refractivity contribution in [3.05, 3.63) is 0 Å². The van der Waals surface area contributed by atoms with Gasteiger partial charge in [0.15, 0.2) is 0 Å². The van der Waals surface area contributed by atoms with E-state index in [1.54, 1.807) is 0 Å². The average Bonchev–Trinajstić information content (AvgIpc) is 2.62. The van der Waals surface area contributed by atoms with E-state index in [9.17, 15) is 9.59 Å². The van der Waals surface area contributed by atoms with Gasteiger partial charge in [0.05, 0.1) is 17.9 Å². The fourth-order valence-corrected chi connectivity index (χ4v) is 3.86. The minimum absolute atomic E-state index is 0.00446. The van der Waals surface area contributed by atoms with Crippen molar-refractivity contribution >= 4 is 11.9 Å². The van der Waals surface area contributed by atoms with Crippen LogP contribution in [0.5, 0.6) is 0 Å². The molecule has 0 aromatic heterocycles. The van der Waals surface area contributed by atoms with E-state index in [1.807, 2.05) is 13.8 Å². The van der Waals surface area contributed by atoms with Crippen LogP contribution in [0.3, 0.4) is 0 Å². The summed E-state index contributed by atoms with van der Waals surface area (Å²) in [5, 5.41) is 0. The molecular weight excluding hydrogens is 304 g/mol. The molecule has 0 aromatic rings. The predicted octanol–water partition coefficient (Wildman–Crippen LogP) is 4.65. The molecular formula is C20H34O4. The number of rotatable bonds is 6. The molecule has 0 aromatic carbocycles. The van der Waals surface area contributed by atoms with Crippen LogP contribution in [0.2, 0.25) is 0 Å². The van der Waals surface area contributed by atoms with E-state index in [-0.39, 0.29) is 36.0 Å². The van der Waals surface area contributed by atoms with Gasteiger partial charge in [0, 0.05) is 0 Å². The van der Waals surface area contributed by atoms with Crippen LogP contribution >= 0.6 is 0 Å². The SMILES string of the molecule is CCC1CCC(C(=O)OC2CCC(C(=O)OC(C)CC)CC2)CC1. The average molecular weight is 338 g/mol. The zero-order chi connectivity index (χ0) is 17.5. The second-order valence-corrected chi connectivity index (χ2v) is 7.69. The van der Waals surface area contributed by atoms with Gasteiger partial charge >= 0.3 is 11.9 Å². The molecule has 0 heterocycles. The van der Waals surface area contributed by atoms with E-state index in [4.69, 9.17) is 9.47 Å². The first-order valence-electron chi connectivity index (χ1n) is 9.94. The van der Waals surface area contributed by atoms with E-state index < -0.39 is 0 Å². The molecule has 2 aliphatic carbocycles. The Morgan fingerprint density at radius 3 is 1.96 bits per heavy atom. The normalized spacial score (nSPS) is 32.0. The summed E-state index contributed by atoms with van der Waals surface area (Å²) in [4.78, 5) is 24.4. The first-order valence-corrected chi connectivity index (χ1v) is 9.94. The Labute approximate surface area is 146 Å². The maximum absolute atomic E-state index is 12.3. The Bertz CT molecular complexity index is 404. The maximum Gasteiger partial charge on any atom is 0.309 e. The third kappa shape index (κ3) is 5.49. The molecule has 24 heavy (non-hydrogen) atoms. The second kappa shape index (κ2) is 9.43. The fourth-order valence-electron chi connectivity index (χ4n) is 3.86. The smallest absolute Gasteiger partial charge is 0.309 e. The lowest BCUT2D eigenvalue weighted by molar-refractivity contribution is -0.160. The highest BCUT2D eigenvalue weighted by Gasteiger charge is 2.32. The van der Waals surface area contributed by atoms with Crippen molar-refractivity contribution in [3.8, 4) is 0 Å². The standard InChI is InChI=1S/C20H34O4/c1-4-14(3)23-19(21)17-10-12-18(13-11-17)24-20(22)16-8-6-15(5-2)7-9-16/h14-18H,4-13H2,1-3H3. The highest BCUT2D eigenvalue weighted by atomic mass is 16.5. The van der Waals surface area contributed by atoms with E-state index >= 15 is 0 Å². The fraction of sp³-hybridized carbons (Fsp3) is 0.900. The topological polar surface area (TPSA) is 52.6 Å².